The van der Waals surface area contributed by atoms with Gasteiger partial charge in [-0.05, 0) is 69.8 Å². The molecule has 0 amide bonds. The van der Waals surface area contributed by atoms with Crippen molar-refractivity contribution in [3.63, 3.8) is 0 Å². The summed E-state index contributed by atoms with van der Waals surface area (Å²) in [6.45, 7) is 0. The molecule has 0 saturated heterocycles. The van der Waals surface area contributed by atoms with Crippen LogP contribution in [-0.4, -0.2) is 0 Å². The van der Waals surface area contributed by atoms with Crippen molar-refractivity contribution in [3.8, 4) is 44.9 Å². The summed E-state index contributed by atoms with van der Waals surface area (Å²) in [6, 6.07) is 80.1. The fourth-order valence-electron chi connectivity index (χ4n) is 8.63. The van der Waals surface area contributed by atoms with Gasteiger partial charge in [0.1, 0.15) is 11.5 Å². The van der Waals surface area contributed by atoms with E-state index in [0.717, 1.165) is 45.3 Å². The first-order valence-electron chi connectivity index (χ1n) is 18.9. The van der Waals surface area contributed by atoms with E-state index in [1.54, 1.807) is 0 Å². The molecule has 1 heterocycles. The molecule has 1 aliphatic carbocycles. The maximum atomic E-state index is 7.43. The SMILES string of the molecule is c1ccc(-c2ccc(N(c3ccccc3)c3ccccc3-c3oc(-c4ccccc4)c4c3-c3ccccc3C4(c3ccccc3)c3ccccc3)cc2)cc1. The van der Waals surface area contributed by atoms with Crippen LogP contribution in [0.15, 0.2) is 229 Å². The van der Waals surface area contributed by atoms with Gasteiger partial charge in [-0.2, -0.15) is 0 Å². The first-order chi connectivity index (χ1) is 27.3. The number of para-hydroxylation sites is 2. The molecule has 2 nitrogen and oxygen atoms in total. The Balaban J connectivity index is 1.27. The number of nitrogens with zero attached hydrogens (tertiary/aromatic N) is 1. The summed E-state index contributed by atoms with van der Waals surface area (Å²) >= 11 is 0. The summed E-state index contributed by atoms with van der Waals surface area (Å²) in [5.74, 6) is 1.73. The molecule has 1 aliphatic rings. The zero-order chi connectivity index (χ0) is 36.6. The van der Waals surface area contributed by atoms with E-state index in [1.165, 1.54) is 38.9 Å². The fourth-order valence-corrected chi connectivity index (χ4v) is 8.63. The van der Waals surface area contributed by atoms with Gasteiger partial charge in [0.15, 0.2) is 0 Å². The van der Waals surface area contributed by atoms with Crippen molar-refractivity contribution < 1.29 is 4.42 Å². The quantitative estimate of drug-likeness (QED) is 0.157. The van der Waals surface area contributed by atoms with Crippen molar-refractivity contribution in [1.82, 2.24) is 0 Å². The van der Waals surface area contributed by atoms with Gasteiger partial charge in [0.2, 0.25) is 0 Å². The Morgan fingerprint density at radius 1 is 0.345 bits per heavy atom. The van der Waals surface area contributed by atoms with Crippen molar-refractivity contribution >= 4 is 17.1 Å². The van der Waals surface area contributed by atoms with E-state index in [0.29, 0.717) is 0 Å². The van der Waals surface area contributed by atoms with Crippen molar-refractivity contribution in [2.24, 2.45) is 0 Å². The van der Waals surface area contributed by atoms with Crippen LogP contribution in [0.4, 0.5) is 17.1 Å². The van der Waals surface area contributed by atoms with E-state index >= 15 is 0 Å². The van der Waals surface area contributed by atoms with E-state index < -0.39 is 5.41 Å². The standard InChI is InChI=1S/C53H37NO/c1-6-20-38(21-7-1)39-34-36-44(37-35-39)54(43-28-14-5-15-29-43)48-33-19-17-31-46(48)52-49-45-30-16-18-32-47(45)53(41-24-10-3-11-25-41,42-26-12-4-13-27-42)50(49)51(55-52)40-22-8-2-9-23-40/h1-37H. The van der Waals surface area contributed by atoms with Crippen molar-refractivity contribution in [2.75, 3.05) is 4.90 Å². The van der Waals surface area contributed by atoms with Gasteiger partial charge in [-0.25, -0.2) is 0 Å². The molecular weight excluding hydrogens is 667 g/mol. The molecule has 8 aromatic carbocycles. The Kier molecular flexibility index (Phi) is 8.08. The number of rotatable bonds is 8. The third kappa shape index (κ3) is 5.34. The van der Waals surface area contributed by atoms with Gasteiger partial charge in [-0.1, -0.05) is 188 Å². The average molecular weight is 704 g/mol. The van der Waals surface area contributed by atoms with E-state index in [2.05, 4.69) is 229 Å². The molecule has 0 radical (unpaired) electrons. The van der Waals surface area contributed by atoms with Gasteiger partial charge in [-0.3, -0.25) is 0 Å². The van der Waals surface area contributed by atoms with Crippen LogP contribution in [0.2, 0.25) is 0 Å². The van der Waals surface area contributed by atoms with E-state index in [9.17, 15) is 0 Å². The molecule has 0 N–H and O–H groups in total. The molecule has 0 atom stereocenters. The van der Waals surface area contributed by atoms with Gasteiger partial charge < -0.3 is 9.32 Å². The molecule has 2 heteroatoms. The molecule has 0 saturated carbocycles. The van der Waals surface area contributed by atoms with Gasteiger partial charge in [0.25, 0.3) is 0 Å². The average Bonchev–Trinajstić information content (AvgIpc) is 3.81. The minimum Gasteiger partial charge on any atom is -0.455 e. The fraction of sp³-hybridized carbons (Fsp3) is 0.0189. The molecule has 0 unspecified atom stereocenters. The largest absolute Gasteiger partial charge is 0.455 e. The summed E-state index contributed by atoms with van der Waals surface area (Å²) in [5.41, 5.74) is 14.1. The van der Waals surface area contributed by atoms with Crippen LogP contribution >= 0.6 is 0 Å². The summed E-state index contributed by atoms with van der Waals surface area (Å²) < 4.78 is 7.43. The highest BCUT2D eigenvalue weighted by molar-refractivity contribution is 6.01. The number of benzene rings is 8. The number of furan rings is 1. The van der Waals surface area contributed by atoms with Gasteiger partial charge in [-0.15, -0.1) is 0 Å². The van der Waals surface area contributed by atoms with Crippen LogP contribution in [0, 0.1) is 0 Å². The minimum atomic E-state index is -0.622. The monoisotopic (exact) mass is 703 g/mol. The smallest absolute Gasteiger partial charge is 0.145 e. The number of hydrogen-bond acceptors (Lipinski definition) is 2. The van der Waals surface area contributed by atoms with Crippen LogP contribution in [0.25, 0.3) is 44.9 Å². The van der Waals surface area contributed by atoms with Crippen molar-refractivity contribution in [1.29, 1.82) is 0 Å². The lowest BCUT2D eigenvalue weighted by molar-refractivity contribution is 0.587. The summed E-state index contributed by atoms with van der Waals surface area (Å²) in [4.78, 5) is 2.35. The topological polar surface area (TPSA) is 16.4 Å². The molecule has 0 fully saturated rings. The molecule has 10 rings (SSSR count). The minimum absolute atomic E-state index is 0.622. The molecule has 1 aromatic heterocycles. The predicted molar refractivity (Wildman–Crippen MR) is 227 cm³/mol. The molecule has 260 valence electrons. The molecule has 0 spiro atoms. The number of fused-ring (bicyclic) bond motifs is 3. The molecule has 9 aromatic rings. The van der Waals surface area contributed by atoms with Crippen molar-refractivity contribution in [3.05, 3.63) is 247 Å². The highest BCUT2D eigenvalue weighted by atomic mass is 16.3. The first kappa shape index (κ1) is 32.5. The van der Waals surface area contributed by atoms with Crippen LogP contribution in [0.1, 0.15) is 22.3 Å². The summed E-state index contributed by atoms with van der Waals surface area (Å²) in [7, 11) is 0. The van der Waals surface area contributed by atoms with Crippen LogP contribution in [0.3, 0.4) is 0 Å². The second-order valence-corrected chi connectivity index (χ2v) is 14.0. The normalized spacial score (nSPS) is 12.5. The highest BCUT2D eigenvalue weighted by Crippen LogP contribution is 2.63. The predicted octanol–water partition coefficient (Wildman–Crippen LogP) is 14.1. The number of hydrogen-bond donors (Lipinski definition) is 0. The second-order valence-electron chi connectivity index (χ2n) is 14.0. The Morgan fingerprint density at radius 2 is 0.800 bits per heavy atom. The van der Waals surface area contributed by atoms with Crippen LogP contribution < -0.4 is 4.90 Å². The second kappa shape index (κ2) is 13.7. The van der Waals surface area contributed by atoms with Crippen molar-refractivity contribution in [2.45, 2.75) is 5.41 Å². The maximum Gasteiger partial charge on any atom is 0.145 e. The summed E-state index contributed by atoms with van der Waals surface area (Å²) in [6.07, 6.45) is 0. The highest BCUT2D eigenvalue weighted by Gasteiger charge is 2.51. The molecular formula is C53H37NO. The van der Waals surface area contributed by atoms with Gasteiger partial charge in [0.05, 0.1) is 11.1 Å². The third-order valence-electron chi connectivity index (χ3n) is 11.0. The Hall–Kier alpha value is -7.16. The zero-order valence-corrected chi connectivity index (χ0v) is 30.2. The van der Waals surface area contributed by atoms with E-state index in [1.807, 2.05) is 0 Å². The molecule has 55 heavy (non-hydrogen) atoms. The lowest BCUT2D eigenvalue weighted by Gasteiger charge is -2.33. The molecule has 0 aliphatic heterocycles. The Morgan fingerprint density at radius 3 is 1.42 bits per heavy atom. The van der Waals surface area contributed by atoms with Gasteiger partial charge >= 0.3 is 0 Å². The van der Waals surface area contributed by atoms with E-state index in [4.69, 9.17) is 4.42 Å². The zero-order valence-electron chi connectivity index (χ0n) is 30.2. The van der Waals surface area contributed by atoms with E-state index in [-0.39, 0.29) is 0 Å². The van der Waals surface area contributed by atoms with Crippen LogP contribution in [-0.2, 0) is 5.41 Å². The Bertz CT molecular complexity index is 2680. The molecule has 0 bridgehead atoms. The Labute approximate surface area is 322 Å². The lowest BCUT2D eigenvalue weighted by atomic mass is 9.67. The maximum absolute atomic E-state index is 7.43. The lowest BCUT2D eigenvalue weighted by Crippen LogP contribution is -2.28. The van der Waals surface area contributed by atoms with Crippen LogP contribution in [0.5, 0.6) is 0 Å². The first-order valence-corrected chi connectivity index (χ1v) is 18.9. The number of anilines is 3. The third-order valence-corrected chi connectivity index (χ3v) is 11.0. The van der Waals surface area contributed by atoms with Gasteiger partial charge in [0, 0.05) is 33.6 Å². The summed E-state index contributed by atoms with van der Waals surface area (Å²) in [5, 5.41) is 0.